The number of thiol groups is 2. The molecule has 0 heterocycles. The summed E-state index contributed by atoms with van der Waals surface area (Å²) >= 11 is 9.07. The topological polar surface area (TPSA) is 9.23 Å². The summed E-state index contributed by atoms with van der Waals surface area (Å²) in [6, 6.07) is 20.9. The van der Waals surface area contributed by atoms with Crippen molar-refractivity contribution in [1.29, 1.82) is 0 Å². The first-order valence-electron chi connectivity index (χ1n) is 8.31. The summed E-state index contributed by atoms with van der Waals surface area (Å²) in [5, 5.41) is 0. The summed E-state index contributed by atoms with van der Waals surface area (Å²) in [5.41, 5.74) is 3.00. The van der Waals surface area contributed by atoms with Gasteiger partial charge in [-0.1, -0.05) is 66.2 Å². The molecule has 0 fully saturated rings. The average Bonchev–Trinajstić information content (AvgIpc) is 2.62. The van der Waals surface area contributed by atoms with Crippen molar-refractivity contribution in [3.8, 4) is 0 Å². The van der Waals surface area contributed by atoms with Gasteiger partial charge in [0.2, 0.25) is 0 Å². The van der Waals surface area contributed by atoms with E-state index in [4.69, 9.17) is 17.4 Å². The van der Waals surface area contributed by atoms with Crippen LogP contribution in [0.3, 0.4) is 0 Å². The molecule has 0 unspecified atom stereocenters. The van der Waals surface area contributed by atoms with Crippen molar-refractivity contribution in [2.45, 2.75) is 32.3 Å². The van der Waals surface area contributed by atoms with Gasteiger partial charge in [0.1, 0.15) is 5.60 Å². The van der Waals surface area contributed by atoms with Gasteiger partial charge in [0.15, 0.2) is 0 Å². The molecule has 3 heteroatoms. The Bertz CT molecular complexity index is 607. The second-order valence-electron chi connectivity index (χ2n) is 6.11. The number of hydrogen-bond donors (Lipinski definition) is 2. The lowest BCUT2D eigenvalue weighted by molar-refractivity contribution is -0.0165. The van der Waals surface area contributed by atoms with Gasteiger partial charge in [0.25, 0.3) is 0 Å². The molecule has 0 aromatic heterocycles. The largest absolute Gasteiger partial charge is 0.365 e. The van der Waals surface area contributed by atoms with E-state index in [9.17, 15) is 0 Å². The van der Waals surface area contributed by atoms with Crippen molar-refractivity contribution < 1.29 is 4.74 Å². The minimum atomic E-state index is -0.528. The zero-order chi connectivity index (χ0) is 17.4. The third-order valence-electron chi connectivity index (χ3n) is 4.12. The van der Waals surface area contributed by atoms with E-state index in [2.05, 4.69) is 75.0 Å². The van der Waals surface area contributed by atoms with E-state index in [-0.39, 0.29) is 0 Å². The van der Waals surface area contributed by atoms with E-state index in [1.807, 2.05) is 12.1 Å². The highest BCUT2D eigenvalue weighted by molar-refractivity contribution is 7.84. The first kappa shape index (κ1) is 19.2. The molecular formula is C21H26OS2. The minimum Gasteiger partial charge on any atom is -0.365 e. The fraction of sp³-hybridized carbons (Fsp3) is 0.333. The van der Waals surface area contributed by atoms with E-state index in [0.29, 0.717) is 6.61 Å². The zero-order valence-corrected chi connectivity index (χ0v) is 16.2. The fourth-order valence-corrected chi connectivity index (χ4v) is 3.08. The van der Waals surface area contributed by atoms with Crippen molar-refractivity contribution in [2.75, 3.05) is 12.4 Å². The normalized spacial score (nSPS) is 11.3. The molecule has 0 radical (unpaired) electrons. The van der Waals surface area contributed by atoms with Crippen LogP contribution in [0.15, 0.2) is 71.1 Å². The first-order chi connectivity index (χ1) is 11.6. The molecule has 0 atom stereocenters. The van der Waals surface area contributed by atoms with E-state index < -0.39 is 5.60 Å². The van der Waals surface area contributed by atoms with Gasteiger partial charge >= 0.3 is 0 Å². The molecule has 0 spiro atoms. The molecule has 2 aromatic rings. The third-order valence-corrected chi connectivity index (χ3v) is 5.05. The Morgan fingerprint density at radius 3 is 1.83 bits per heavy atom. The van der Waals surface area contributed by atoms with Crippen LogP contribution in [-0.4, -0.2) is 12.4 Å². The summed E-state index contributed by atoms with van der Waals surface area (Å²) in [6.45, 7) is 4.85. The van der Waals surface area contributed by atoms with Crippen LogP contribution < -0.4 is 0 Å². The highest BCUT2D eigenvalue weighted by atomic mass is 32.1. The summed E-state index contributed by atoms with van der Waals surface area (Å²) < 4.78 is 6.53. The molecule has 2 aromatic carbocycles. The second kappa shape index (κ2) is 9.36. The van der Waals surface area contributed by atoms with Crippen LogP contribution in [0.1, 0.15) is 37.8 Å². The number of rotatable bonds is 8. The first-order valence-corrected chi connectivity index (χ1v) is 9.39. The molecule has 0 bridgehead atoms. The maximum atomic E-state index is 6.53. The Labute approximate surface area is 157 Å². The molecule has 2 rings (SSSR count). The number of hydrogen-bond acceptors (Lipinski definition) is 3. The van der Waals surface area contributed by atoms with Gasteiger partial charge in [-0.05, 0) is 42.1 Å². The van der Waals surface area contributed by atoms with Crippen LogP contribution in [-0.2, 0) is 10.3 Å². The monoisotopic (exact) mass is 358 g/mol. The molecule has 24 heavy (non-hydrogen) atoms. The second-order valence-corrected chi connectivity index (χ2v) is 7.10. The minimum absolute atomic E-state index is 0.528. The van der Waals surface area contributed by atoms with E-state index >= 15 is 0 Å². The van der Waals surface area contributed by atoms with Crippen LogP contribution in [0.4, 0.5) is 0 Å². The van der Waals surface area contributed by atoms with Gasteiger partial charge in [0, 0.05) is 13.0 Å². The SMILES string of the molecule is CC(C)=C(S)CC(OCCCS)(c1ccccc1)c1ccccc1. The quantitative estimate of drug-likeness (QED) is 0.442. The summed E-state index contributed by atoms with van der Waals surface area (Å²) in [6.07, 6.45) is 1.64. The van der Waals surface area contributed by atoms with E-state index in [1.54, 1.807) is 0 Å². The molecule has 0 saturated carbocycles. The van der Waals surface area contributed by atoms with Crippen LogP contribution in [0.25, 0.3) is 0 Å². The number of allylic oxidation sites excluding steroid dienone is 1. The fourth-order valence-electron chi connectivity index (χ4n) is 2.73. The summed E-state index contributed by atoms with van der Waals surface area (Å²) in [4.78, 5) is 1.06. The van der Waals surface area contributed by atoms with Crippen LogP contribution in [0.5, 0.6) is 0 Å². The molecule has 1 nitrogen and oxygen atoms in total. The Balaban J connectivity index is 2.56. The Kier molecular flexibility index (Phi) is 7.47. The van der Waals surface area contributed by atoms with Crippen molar-refractivity contribution in [1.82, 2.24) is 0 Å². The van der Waals surface area contributed by atoms with Gasteiger partial charge in [-0.15, -0.1) is 12.6 Å². The number of ether oxygens (including phenoxy) is 1. The van der Waals surface area contributed by atoms with Crippen LogP contribution in [0.2, 0.25) is 0 Å². The third kappa shape index (κ3) is 4.69. The van der Waals surface area contributed by atoms with Crippen molar-refractivity contribution in [3.63, 3.8) is 0 Å². The van der Waals surface area contributed by atoms with E-state index in [1.165, 1.54) is 5.57 Å². The van der Waals surface area contributed by atoms with Gasteiger partial charge < -0.3 is 4.74 Å². The molecule has 0 saturated heterocycles. The van der Waals surface area contributed by atoms with Crippen molar-refractivity contribution >= 4 is 25.3 Å². The Morgan fingerprint density at radius 1 is 0.917 bits per heavy atom. The van der Waals surface area contributed by atoms with Crippen molar-refractivity contribution in [3.05, 3.63) is 82.3 Å². The summed E-state index contributed by atoms with van der Waals surface area (Å²) in [5.74, 6) is 0.816. The van der Waals surface area contributed by atoms with Crippen molar-refractivity contribution in [2.24, 2.45) is 0 Å². The van der Waals surface area contributed by atoms with Gasteiger partial charge in [-0.3, -0.25) is 0 Å². The van der Waals surface area contributed by atoms with E-state index in [0.717, 1.165) is 34.6 Å². The van der Waals surface area contributed by atoms with Crippen LogP contribution in [0, 0.1) is 0 Å². The highest BCUT2D eigenvalue weighted by Gasteiger charge is 2.35. The van der Waals surface area contributed by atoms with Gasteiger partial charge in [-0.2, -0.15) is 12.6 Å². The highest BCUT2D eigenvalue weighted by Crippen LogP contribution is 2.41. The Hall–Kier alpha value is -1.16. The van der Waals surface area contributed by atoms with Crippen LogP contribution >= 0.6 is 25.3 Å². The zero-order valence-electron chi connectivity index (χ0n) is 14.4. The van der Waals surface area contributed by atoms with Gasteiger partial charge in [0.05, 0.1) is 0 Å². The lowest BCUT2D eigenvalue weighted by Crippen LogP contribution is -2.32. The molecule has 0 amide bonds. The smallest absolute Gasteiger partial charge is 0.123 e. The summed E-state index contributed by atoms with van der Waals surface area (Å²) in [7, 11) is 0. The maximum Gasteiger partial charge on any atom is 0.123 e. The van der Waals surface area contributed by atoms with Gasteiger partial charge in [-0.25, -0.2) is 0 Å². The Morgan fingerprint density at radius 2 is 1.42 bits per heavy atom. The average molecular weight is 359 g/mol. The molecule has 0 N–H and O–H groups in total. The molecule has 0 aliphatic rings. The lowest BCUT2D eigenvalue weighted by Gasteiger charge is -2.36. The maximum absolute atomic E-state index is 6.53. The molecule has 128 valence electrons. The predicted molar refractivity (Wildman–Crippen MR) is 110 cm³/mol. The standard InChI is InChI=1S/C21H26OS2/c1-17(2)20(24)16-21(22-14-9-15-23,18-10-5-3-6-11-18)19-12-7-4-8-13-19/h3-8,10-13,23-24H,9,14-16H2,1-2H3. The lowest BCUT2D eigenvalue weighted by atomic mass is 9.82. The molecular weight excluding hydrogens is 332 g/mol. The molecule has 0 aliphatic heterocycles. The number of benzene rings is 2. The molecule has 0 aliphatic carbocycles. The predicted octanol–water partition coefficient (Wildman–Crippen LogP) is 5.88.